The summed E-state index contributed by atoms with van der Waals surface area (Å²) in [4.78, 5) is 15.6. The van der Waals surface area contributed by atoms with Crippen LogP contribution in [0.5, 0.6) is 0 Å². The van der Waals surface area contributed by atoms with Gasteiger partial charge in [-0.1, -0.05) is 23.9 Å². The molecule has 0 amide bonds. The second-order valence-corrected chi connectivity index (χ2v) is 4.66. The standard InChI is InChI=1S/C11H9NO3S/c13-10-9(5-6-14-10)16-11-12-7-3-1-2-4-8(7)15-11/h1-4,9H,5-6H2/t9-/m1/s1. The van der Waals surface area contributed by atoms with Crippen molar-refractivity contribution in [1.29, 1.82) is 0 Å². The van der Waals surface area contributed by atoms with E-state index in [0.717, 1.165) is 17.5 Å². The number of cyclic esters (lactones) is 1. The third-order valence-corrected chi connectivity index (χ3v) is 3.49. The van der Waals surface area contributed by atoms with Crippen LogP contribution in [0.1, 0.15) is 6.42 Å². The predicted octanol–water partition coefficient (Wildman–Crippen LogP) is 2.24. The highest BCUT2D eigenvalue weighted by Crippen LogP contribution is 2.30. The molecule has 0 bridgehead atoms. The normalized spacial score (nSPS) is 20.2. The minimum atomic E-state index is -0.174. The summed E-state index contributed by atoms with van der Waals surface area (Å²) in [5, 5.41) is 0.359. The van der Waals surface area contributed by atoms with E-state index in [9.17, 15) is 4.79 Å². The van der Waals surface area contributed by atoms with Crippen LogP contribution >= 0.6 is 11.8 Å². The van der Waals surface area contributed by atoms with Gasteiger partial charge in [0, 0.05) is 6.42 Å². The molecule has 2 aromatic rings. The number of fused-ring (bicyclic) bond motifs is 1. The van der Waals surface area contributed by atoms with Gasteiger partial charge in [-0.15, -0.1) is 0 Å². The average Bonchev–Trinajstić information content (AvgIpc) is 2.85. The molecule has 0 N–H and O–H groups in total. The van der Waals surface area contributed by atoms with Gasteiger partial charge in [0.15, 0.2) is 5.58 Å². The molecule has 1 aliphatic heterocycles. The summed E-state index contributed by atoms with van der Waals surface area (Å²) in [6, 6.07) is 7.55. The maximum atomic E-state index is 11.3. The van der Waals surface area contributed by atoms with Crippen molar-refractivity contribution in [3.05, 3.63) is 24.3 Å². The zero-order valence-electron chi connectivity index (χ0n) is 8.38. The number of aromatic nitrogens is 1. The van der Waals surface area contributed by atoms with E-state index in [-0.39, 0.29) is 11.2 Å². The van der Waals surface area contributed by atoms with Gasteiger partial charge in [-0.05, 0) is 12.1 Å². The van der Waals surface area contributed by atoms with E-state index < -0.39 is 0 Å². The molecule has 16 heavy (non-hydrogen) atoms. The topological polar surface area (TPSA) is 52.3 Å². The lowest BCUT2D eigenvalue weighted by atomic mass is 10.3. The monoisotopic (exact) mass is 235 g/mol. The fourth-order valence-electron chi connectivity index (χ4n) is 1.61. The van der Waals surface area contributed by atoms with Crippen molar-refractivity contribution in [2.45, 2.75) is 16.9 Å². The maximum Gasteiger partial charge on any atom is 0.319 e. The molecule has 1 fully saturated rings. The first kappa shape index (κ1) is 9.72. The lowest BCUT2D eigenvalue weighted by Gasteiger charge is -1.99. The van der Waals surface area contributed by atoms with Crippen molar-refractivity contribution in [3.63, 3.8) is 0 Å². The van der Waals surface area contributed by atoms with E-state index in [1.54, 1.807) is 0 Å². The van der Waals surface area contributed by atoms with Crippen LogP contribution in [0.2, 0.25) is 0 Å². The largest absolute Gasteiger partial charge is 0.465 e. The van der Waals surface area contributed by atoms with Gasteiger partial charge >= 0.3 is 5.97 Å². The number of esters is 1. The Hall–Kier alpha value is -1.49. The number of carbonyl (C=O) groups excluding carboxylic acids is 1. The van der Waals surface area contributed by atoms with E-state index in [2.05, 4.69) is 4.98 Å². The first-order chi connectivity index (χ1) is 7.83. The molecule has 0 aliphatic carbocycles. The van der Waals surface area contributed by atoms with Gasteiger partial charge < -0.3 is 9.15 Å². The van der Waals surface area contributed by atoms with Gasteiger partial charge in [0.05, 0.1) is 6.61 Å². The van der Waals surface area contributed by atoms with Crippen LogP contribution in [0, 0.1) is 0 Å². The molecular formula is C11H9NO3S. The fourth-order valence-corrected chi connectivity index (χ4v) is 2.52. The quantitative estimate of drug-likeness (QED) is 0.747. The van der Waals surface area contributed by atoms with Crippen LogP contribution in [-0.4, -0.2) is 22.8 Å². The number of rotatable bonds is 2. The third kappa shape index (κ3) is 1.67. The number of para-hydroxylation sites is 2. The van der Waals surface area contributed by atoms with E-state index >= 15 is 0 Å². The van der Waals surface area contributed by atoms with Crippen LogP contribution in [-0.2, 0) is 9.53 Å². The molecule has 1 aromatic carbocycles. The van der Waals surface area contributed by atoms with E-state index in [4.69, 9.17) is 9.15 Å². The lowest BCUT2D eigenvalue weighted by Crippen LogP contribution is -2.09. The van der Waals surface area contributed by atoms with Crippen LogP contribution in [0.4, 0.5) is 0 Å². The van der Waals surface area contributed by atoms with E-state index in [1.165, 1.54) is 11.8 Å². The summed E-state index contributed by atoms with van der Waals surface area (Å²) in [7, 11) is 0. The third-order valence-electron chi connectivity index (χ3n) is 2.40. The molecule has 0 unspecified atom stereocenters. The first-order valence-corrected chi connectivity index (χ1v) is 5.90. The number of benzene rings is 1. The van der Waals surface area contributed by atoms with Crippen molar-refractivity contribution in [2.75, 3.05) is 6.61 Å². The van der Waals surface area contributed by atoms with Gasteiger partial charge in [-0.2, -0.15) is 0 Å². The van der Waals surface area contributed by atoms with Crippen molar-refractivity contribution in [3.8, 4) is 0 Å². The second kappa shape index (κ2) is 3.83. The molecule has 5 heteroatoms. The zero-order valence-corrected chi connectivity index (χ0v) is 9.20. The van der Waals surface area contributed by atoms with E-state index in [0.29, 0.717) is 11.8 Å². The Morgan fingerprint density at radius 2 is 2.25 bits per heavy atom. The van der Waals surface area contributed by atoms with Crippen molar-refractivity contribution in [1.82, 2.24) is 4.98 Å². The Morgan fingerprint density at radius 1 is 1.38 bits per heavy atom. The molecule has 0 spiro atoms. The van der Waals surface area contributed by atoms with Gasteiger partial charge in [-0.25, -0.2) is 4.98 Å². The Kier molecular flexibility index (Phi) is 2.32. The number of carbonyl (C=O) groups is 1. The molecule has 1 aromatic heterocycles. The maximum absolute atomic E-state index is 11.3. The number of ether oxygens (including phenoxy) is 1. The summed E-state index contributed by atoms with van der Waals surface area (Å²) >= 11 is 1.33. The highest BCUT2D eigenvalue weighted by atomic mass is 32.2. The minimum Gasteiger partial charge on any atom is -0.465 e. The van der Waals surface area contributed by atoms with Gasteiger partial charge in [0.1, 0.15) is 10.8 Å². The second-order valence-electron chi connectivity index (χ2n) is 3.51. The number of oxazole rings is 1. The SMILES string of the molecule is O=C1OCC[C@H]1Sc1nc2ccccc2o1. The predicted molar refractivity (Wildman–Crippen MR) is 59.2 cm³/mol. The molecule has 4 nitrogen and oxygen atoms in total. The van der Waals surface area contributed by atoms with Crippen LogP contribution in [0.3, 0.4) is 0 Å². The van der Waals surface area contributed by atoms with Crippen LogP contribution < -0.4 is 0 Å². The Labute approximate surface area is 96.0 Å². The van der Waals surface area contributed by atoms with E-state index in [1.807, 2.05) is 24.3 Å². The molecule has 3 rings (SSSR count). The summed E-state index contributed by atoms with van der Waals surface area (Å²) in [5.41, 5.74) is 1.56. The Morgan fingerprint density at radius 3 is 3.00 bits per heavy atom. The van der Waals surface area contributed by atoms with Gasteiger partial charge in [-0.3, -0.25) is 4.79 Å². The zero-order chi connectivity index (χ0) is 11.0. The van der Waals surface area contributed by atoms with Crippen molar-refractivity contribution >= 4 is 28.8 Å². The molecule has 82 valence electrons. The highest BCUT2D eigenvalue weighted by Gasteiger charge is 2.29. The molecule has 0 radical (unpaired) electrons. The Balaban J connectivity index is 1.86. The minimum absolute atomic E-state index is 0.173. The Bertz CT molecular complexity index is 504. The van der Waals surface area contributed by atoms with Crippen LogP contribution in [0.25, 0.3) is 11.1 Å². The molecule has 1 saturated heterocycles. The number of hydrogen-bond acceptors (Lipinski definition) is 5. The van der Waals surface area contributed by atoms with Gasteiger partial charge in [0.25, 0.3) is 5.22 Å². The van der Waals surface area contributed by atoms with Crippen LogP contribution in [0.15, 0.2) is 33.9 Å². The van der Waals surface area contributed by atoms with Crippen molar-refractivity contribution in [2.24, 2.45) is 0 Å². The molecule has 1 aliphatic rings. The summed E-state index contributed by atoms with van der Waals surface area (Å²) in [6.07, 6.45) is 0.724. The smallest absolute Gasteiger partial charge is 0.319 e. The highest BCUT2D eigenvalue weighted by molar-refractivity contribution is 8.00. The molecule has 1 atom stereocenters. The number of hydrogen-bond donors (Lipinski definition) is 0. The number of thioether (sulfide) groups is 1. The summed E-state index contributed by atoms with van der Waals surface area (Å²) < 4.78 is 10.4. The first-order valence-electron chi connectivity index (χ1n) is 5.02. The fraction of sp³-hybridized carbons (Fsp3) is 0.273. The lowest BCUT2D eigenvalue weighted by molar-refractivity contribution is -0.137. The number of nitrogens with zero attached hydrogens (tertiary/aromatic N) is 1. The molecule has 2 heterocycles. The van der Waals surface area contributed by atoms with Gasteiger partial charge in [0.2, 0.25) is 0 Å². The molecule has 0 saturated carbocycles. The molecular weight excluding hydrogens is 226 g/mol. The average molecular weight is 235 g/mol. The summed E-state index contributed by atoms with van der Waals surface area (Å²) in [6.45, 7) is 0.497. The summed E-state index contributed by atoms with van der Waals surface area (Å²) in [5.74, 6) is -0.174. The van der Waals surface area contributed by atoms with Crippen molar-refractivity contribution < 1.29 is 13.9 Å².